The lowest BCUT2D eigenvalue weighted by Crippen LogP contribution is -2.40. The minimum Gasteiger partial charge on any atom is -0.465 e. The van der Waals surface area contributed by atoms with E-state index < -0.39 is 11.8 Å². The smallest absolute Gasteiger partial charge is 0.338 e. The van der Waals surface area contributed by atoms with E-state index in [1.807, 2.05) is 4.90 Å². The molecular weight excluding hydrogens is 413 g/mol. The molecule has 1 saturated carbocycles. The Bertz CT molecular complexity index is 794. The Morgan fingerprint density at radius 2 is 1.69 bits per heavy atom. The Morgan fingerprint density at radius 3 is 2.22 bits per heavy atom. The molecule has 0 spiro atoms. The summed E-state index contributed by atoms with van der Waals surface area (Å²) in [5, 5.41) is 0. The van der Waals surface area contributed by atoms with E-state index in [2.05, 4.69) is 6.58 Å². The number of hydrogen-bond acceptors (Lipinski definition) is 6. The lowest BCUT2D eigenvalue weighted by Gasteiger charge is -2.38. The van der Waals surface area contributed by atoms with Gasteiger partial charge in [0.05, 0.1) is 30.6 Å². The van der Waals surface area contributed by atoms with Crippen molar-refractivity contribution in [1.82, 2.24) is 0 Å². The van der Waals surface area contributed by atoms with Gasteiger partial charge in [-0.1, -0.05) is 12.7 Å². The molecule has 32 heavy (non-hydrogen) atoms. The Balaban J connectivity index is 1.58. The highest BCUT2D eigenvalue weighted by Crippen LogP contribution is 2.34. The van der Waals surface area contributed by atoms with Gasteiger partial charge in [-0.05, 0) is 57.1 Å². The van der Waals surface area contributed by atoms with Gasteiger partial charge in [0, 0.05) is 38.8 Å². The molecule has 0 bridgehead atoms. The number of aryl methyl sites for hydroxylation is 1. The number of nitrogens with zero attached hydrogens (tertiary/aromatic N) is 1. The van der Waals surface area contributed by atoms with Crippen LogP contribution in [0.5, 0.6) is 0 Å². The Morgan fingerprint density at radius 1 is 1.09 bits per heavy atom. The van der Waals surface area contributed by atoms with Crippen molar-refractivity contribution in [2.45, 2.75) is 63.9 Å². The van der Waals surface area contributed by atoms with Crippen molar-refractivity contribution >= 4 is 17.7 Å². The van der Waals surface area contributed by atoms with Crippen LogP contribution in [0.2, 0.25) is 0 Å². The molecule has 2 fully saturated rings. The molecular formula is C25H36FNO5. The van der Waals surface area contributed by atoms with Crippen molar-refractivity contribution in [1.29, 1.82) is 0 Å². The molecule has 1 aromatic rings. The number of carbonyl (C=O) groups is 1. The van der Waals surface area contributed by atoms with Crippen molar-refractivity contribution in [2.24, 2.45) is 5.92 Å². The number of methoxy groups -OCH3 is 3. The minimum absolute atomic E-state index is 0.136. The SMILES string of the molecule is C=Cc1c(F)c(N2CCC(OC3CCC(C(OC)OC)CC3)CC2)cc(C)c1C(=O)OC. The first-order chi connectivity index (χ1) is 15.4. The van der Waals surface area contributed by atoms with Gasteiger partial charge in [-0.25, -0.2) is 9.18 Å². The standard InChI is InChI=1S/C25H36FNO5/c1-6-20-22(24(28)29-3)16(2)15-21(23(20)26)27-13-11-19(12-14-27)32-18-9-7-17(8-10-18)25(30-4)31-5/h6,15,17-19,25H,1,7-14H2,2-5H3. The van der Waals surface area contributed by atoms with Crippen molar-refractivity contribution in [3.8, 4) is 0 Å². The van der Waals surface area contributed by atoms with Crippen LogP contribution in [0, 0.1) is 18.7 Å². The van der Waals surface area contributed by atoms with E-state index in [1.165, 1.54) is 13.2 Å². The second-order valence-corrected chi connectivity index (χ2v) is 8.71. The average molecular weight is 450 g/mol. The summed E-state index contributed by atoms with van der Waals surface area (Å²) in [6.07, 6.45) is 7.51. The third-order valence-corrected chi connectivity index (χ3v) is 6.81. The molecule has 0 atom stereocenters. The van der Waals surface area contributed by atoms with E-state index in [0.717, 1.165) is 38.5 Å². The molecule has 2 aliphatic rings. The van der Waals surface area contributed by atoms with Crippen LogP contribution in [0.3, 0.4) is 0 Å². The van der Waals surface area contributed by atoms with E-state index in [0.29, 0.717) is 30.3 Å². The molecule has 0 N–H and O–H groups in total. The summed E-state index contributed by atoms with van der Waals surface area (Å²) in [6.45, 7) is 6.91. The Hall–Kier alpha value is -1.96. The zero-order valence-corrected chi connectivity index (χ0v) is 19.7. The third-order valence-electron chi connectivity index (χ3n) is 6.81. The van der Waals surface area contributed by atoms with E-state index in [9.17, 15) is 4.79 Å². The van der Waals surface area contributed by atoms with Gasteiger partial charge in [0.25, 0.3) is 0 Å². The van der Waals surface area contributed by atoms with Crippen LogP contribution in [0.1, 0.15) is 60.0 Å². The number of carbonyl (C=O) groups excluding carboxylic acids is 1. The Labute approximate surface area is 190 Å². The van der Waals surface area contributed by atoms with Crippen LogP contribution in [0.4, 0.5) is 10.1 Å². The summed E-state index contributed by atoms with van der Waals surface area (Å²) in [4.78, 5) is 14.1. The highest BCUT2D eigenvalue weighted by molar-refractivity contribution is 5.96. The van der Waals surface area contributed by atoms with Gasteiger partial charge < -0.3 is 23.8 Å². The van der Waals surface area contributed by atoms with Gasteiger partial charge >= 0.3 is 5.97 Å². The van der Waals surface area contributed by atoms with Crippen LogP contribution >= 0.6 is 0 Å². The minimum atomic E-state index is -0.549. The van der Waals surface area contributed by atoms with E-state index in [1.54, 1.807) is 27.2 Å². The number of halogens is 1. The lowest BCUT2D eigenvalue weighted by molar-refractivity contribution is -0.153. The fourth-order valence-corrected chi connectivity index (χ4v) is 5.08. The first kappa shape index (κ1) is 24.7. The number of piperidine rings is 1. The van der Waals surface area contributed by atoms with E-state index >= 15 is 4.39 Å². The number of rotatable bonds is 8. The molecule has 6 nitrogen and oxygen atoms in total. The number of anilines is 1. The molecule has 1 heterocycles. The maximum absolute atomic E-state index is 15.3. The lowest BCUT2D eigenvalue weighted by atomic mass is 9.86. The molecule has 0 radical (unpaired) electrons. The summed E-state index contributed by atoms with van der Waals surface area (Å²) < 4.78 is 37.3. The van der Waals surface area contributed by atoms with Crippen LogP contribution in [-0.2, 0) is 18.9 Å². The van der Waals surface area contributed by atoms with Crippen LogP contribution in [-0.4, -0.2) is 58.9 Å². The first-order valence-corrected chi connectivity index (χ1v) is 11.4. The quantitative estimate of drug-likeness (QED) is 0.423. The molecule has 1 aliphatic heterocycles. The fraction of sp³-hybridized carbons (Fsp3) is 0.640. The normalized spacial score (nSPS) is 22.2. The van der Waals surface area contributed by atoms with Crippen LogP contribution < -0.4 is 4.90 Å². The van der Waals surface area contributed by atoms with Crippen LogP contribution in [0.25, 0.3) is 6.08 Å². The summed E-state index contributed by atoms with van der Waals surface area (Å²) in [5.41, 5.74) is 1.63. The number of hydrogen-bond donors (Lipinski definition) is 0. The number of ether oxygens (including phenoxy) is 4. The monoisotopic (exact) mass is 449 g/mol. The highest BCUT2D eigenvalue weighted by Gasteiger charge is 2.31. The molecule has 0 unspecified atom stereocenters. The van der Waals surface area contributed by atoms with Gasteiger partial charge in [0.15, 0.2) is 12.1 Å². The maximum Gasteiger partial charge on any atom is 0.338 e. The first-order valence-electron chi connectivity index (χ1n) is 11.4. The molecule has 1 aromatic carbocycles. The fourth-order valence-electron chi connectivity index (χ4n) is 5.08. The number of esters is 1. The van der Waals surface area contributed by atoms with Gasteiger partial charge in [-0.3, -0.25) is 0 Å². The largest absolute Gasteiger partial charge is 0.465 e. The molecule has 0 amide bonds. The molecule has 178 valence electrons. The topological polar surface area (TPSA) is 57.2 Å². The van der Waals surface area contributed by atoms with E-state index in [-0.39, 0.29) is 29.6 Å². The summed E-state index contributed by atoms with van der Waals surface area (Å²) in [5.74, 6) is -0.550. The van der Waals surface area contributed by atoms with Crippen molar-refractivity contribution in [3.63, 3.8) is 0 Å². The summed E-state index contributed by atoms with van der Waals surface area (Å²) >= 11 is 0. The Kier molecular flexibility index (Phi) is 8.68. The third kappa shape index (κ3) is 5.33. The molecule has 3 rings (SSSR count). The predicted molar refractivity (Wildman–Crippen MR) is 122 cm³/mol. The van der Waals surface area contributed by atoms with Gasteiger partial charge in [0.2, 0.25) is 0 Å². The van der Waals surface area contributed by atoms with Crippen LogP contribution in [0.15, 0.2) is 12.6 Å². The van der Waals surface area contributed by atoms with Crippen molar-refractivity contribution in [2.75, 3.05) is 39.3 Å². The highest BCUT2D eigenvalue weighted by atomic mass is 19.1. The van der Waals surface area contributed by atoms with E-state index in [4.69, 9.17) is 18.9 Å². The van der Waals surface area contributed by atoms with Crippen molar-refractivity contribution < 1.29 is 28.1 Å². The van der Waals surface area contributed by atoms with Gasteiger partial charge in [0.1, 0.15) is 0 Å². The zero-order valence-electron chi connectivity index (χ0n) is 19.7. The zero-order chi connectivity index (χ0) is 23.3. The van der Waals surface area contributed by atoms with Crippen molar-refractivity contribution in [3.05, 3.63) is 35.2 Å². The second kappa shape index (κ2) is 11.3. The molecule has 0 aromatic heterocycles. The van der Waals surface area contributed by atoms with Gasteiger partial charge in [-0.15, -0.1) is 0 Å². The molecule has 7 heteroatoms. The summed E-state index contributed by atoms with van der Waals surface area (Å²) in [7, 11) is 4.68. The van der Waals surface area contributed by atoms with Gasteiger partial charge in [-0.2, -0.15) is 0 Å². The average Bonchev–Trinajstić information content (AvgIpc) is 2.82. The maximum atomic E-state index is 15.3. The molecule has 1 saturated heterocycles. The predicted octanol–water partition coefficient (Wildman–Crippen LogP) is 4.73. The summed E-state index contributed by atoms with van der Waals surface area (Å²) in [6, 6.07) is 1.74. The second-order valence-electron chi connectivity index (χ2n) is 8.71. The number of benzene rings is 1. The molecule has 1 aliphatic carbocycles.